The number of carbonyl (C=O) groups is 2. The Morgan fingerprint density at radius 2 is 1.82 bits per heavy atom. The number of nitrogens with one attached hydrogen (secondary N) is 1. The molecule has 0 atom stereocenters. The molecule has 0 spiro atoms. The van der Waals surface area contributed by atoms with Gasteiger partial charge in [-0.05, 0) is 43.2 Å². The fraction of sp³-hybridized carbons (Fsp3) is 0.176. The molecule has 0 aliphatic rings. The lowest BCUT2D eigenvalue weighted by Gasteiger charge is -2.10. The van der Waals surface area contributed by atoms with Gasteiger partial charge in [-0.1, -0.05) is 35.9 Å². The lowest BCUT2D eigenvalue weighted by atomic mass is 10.1. The topological polar surface area (TPSA) is 55.4 Å². The summed E-state index contributed by atoms with van der Waals surface area (Å²) in [6, 6.07) is 12.3. The molecule has 0 fully saturated rings. The van der Waals surface area contributed by atoms with Crippen molar-refractivity contribution in [2.24, 2.45) is 0 Å². The molecule has 0 saturated carbocycles. The average Bonchev–Trinajstić information content (AvgIpc) is 2.50. The van der Waals surface area contributed by atoms with Crippen molar-refractivity contribution in [3.8, 4) is 0 Å². The van der Waals surface area contributed by atoms with Gasteiger partial charge in [-0.2, -0.15) is 0 Å². The van der Waals surface area contributed by atoms with Crippen LogP contribution in [0.4, 0.5) is 5.69 Å². The highest BCUT2D eigenvalue weighted by Gasteiger charge is 2.13. The van der Waals surface area contributed by atoms with E-state index in [1.165, 1.54) is 0 Å². The number of benzene rings is 2. The van der Waals surface area contributed by atoms with Crippen molar-refractivity contribution in [1.29, 1.82) is 0 Å². The number of hydrogen-bond donors (Lipinski definition) is 1. The van der Waals surface area contributed by atoms with E-state index in [1.807, 2.05) is 19.1 Å². The van der Waals surface area contributed by atoms with E-state index in [2.05, 4.69) is 5.32 Å². The van der Waals surface area contributed by atoms with E-state index in [0.717, 1.165) is 11.1 Å². The number of esters is 1. The smallest absolute Gasteiger partial charge is 0.338 e. The molecule has 2 rings (SSSR count). The van der Waals surface area contributed by atoms with Crippen LogP contribution in [-0.2, 0) is 9.53 Å². The molecule has 1 N–H and O–H groups in total. The molecule has 5 heteroatoms. The lowest BCUT2D eigenvalue weighted by Crippen LogP contribution is -2.21. The van der Waals surface area contributed by atoms with Crippen molar-refractivity contribution in [2.75, 3.05) is 11.9 Å². The van der Waals surface area contributed by atoms with Crippen molar-refractivity contribution in [3.05, 3.63) is 64.2 Å². The summed E-state index contributed by atoms with van der Waals surface area (Å²) in [5, 5.41) is 3.24. The van der Waals surface area contributed by atoms with Crippen LogP contribution < -0.4 is 5.32 Å². The van der Waals surface area contributed by atoms with Crippen LogP contribution in [-0.4, -0.2) is 18.5 Å². The minimum atomic E-state index is -0.518. The Morgan fingerprint density at radius 1 is 1.09 bits per heavy atom. The van der Waals surface area contributed by atoms with E-state index >= 15 is 0 Å². The average molecular weight is 318 g/mol. The molecule has 0 heterocycles. The molecule has 0 aromatic heterocycles. The number of ether oxygens (including phenoxy) is 1. The van der Waals surface area contributed by atoms with E-state index in [-0.39, 0.29) is 6.61 Å². The van der Waals surface area contributed by atoms with E-state index < -0.39 is 11.9 Å². The molecule has 0 aliphatic heterocycles. The Bertz CT molecular complexity index is 713. The summed E-state index contributed by atoms with van der Waals surface area (Å²) in [6.07, 6.45) is 0. The monoisotopic (exact) mass is 317 g/mol. The maximum atomic E-state index is 11.9. The standard InChI is InChI=1S/C17H16ClNO3/c1-11-6-3-4-7-13(11)17(21)22-10-16(20)19-15-9-5-8-14(18)12(15)2/h3-9H,10H2,1-2H3,(H,19,20). The number of anilines is 1. The second-order valence-corrected chi connectivity index (χ2v) is 5.26. The first-order valence-corrected chi connectivity index (χ1v) is 7.14. The van der Waals surface area contributed by atoms with Crippen LogP contribution in [0.2, 0.25) is 5.02 Å². The molecule has 0 unspecified atom stereocenters. The quantitative estimate of drug-likeness (QED) is 0.874. The Morgan fingerprint density at radius 3 is 2.55 bits per heavy atom. The second-order valence-electron chi connectivity index (χ2n) is 4.85. The van der Waals surface area contributed by atoms with E-state index in [1.54, 1.807) is 37.3 Å². The van der Waals surface area contributed by atoms with Gasteiger partial charge in [0, 0.05) is 10.7 Å². The van der Waals surface area contributed by atoms with Crippen molar-refractivity contribution in [3.63, 3.8) is 0 Å². The minimum absolute atomic E-state index is 0.348. The van der Waals surface area contributed by atoms with Crippen LogP contribution in [0.5, 0.6) is 0 Å². The summed E-state index contributed by atoms with van der Waals surface area (Å²) in [4.78, 5) is 23.8. The molecule has 1 amide bonds. The molecule has 0 bridgehead atoms. The third-order valence-corrected chi connectivity index (χ3v) is 3.65. The summed E-state index contributed by atoms with van der Waals surface area (Å²) in [5.74, 6) is -0.927. The van der Waals surface area contributed by atoms with E-state index in [9.17, 15) is 9.59 Å². The van der Waals surface area contributed by atoms with Gasteiger partial charge in [0.05, 0.1) is 5.56 Å². The maximum absolute atomic E-state index is 11.9. The number of rotatable bonds is 4. The van der Waals surface area contributed by atoms with E-state index in [4.69, 9.17) is 16.3 Å². The molecule has 0 aliphatic carbocycles. The third-order valence-electron chi connectivity index (χ3n) is 3.24. The molecular formula is C17H16ClNO3. The highest BCUT2D eigenvalue weighted by molar-refractivity contribution is 6.31. The minimum Gasteiger partial charge on any atom is -0.452 e. The molecule has 0 saturated heterocycles. The number of amides is 1. The Labute approximate surface area is 134 Å². The largest absolute Gasteiger partial charge is 0.452 e. The number of halogens is 1. The van der Waals surface area contributed by atoms with Crippen molar-refractivity contribution in [2.45, 2.75) is 13.8 Å². The summed E-state index contributed by atoms with van der Waals surface area (Å²) in [5.41, 5.74) is 2.63. The van der Waals surface area contributed by atoms with Crippen LogP contribution in [0, 0.1) is 13.8 Å². The highest BCUT2D eigenvalue weighted by atomic mass is 35.5. The van der Waals surface area contributed by atoms with Crippen LogP contribution in [0.25, 0.3) is 0 Å². The summed E-state index contributed by atoms with van der Waals surface area (Å²) >= 11 is 5.99. The van der Waals surface area contributed by atoms with Gasteiger partial charge in [0.15, 0.2) is 6.61 Å². The van der Waals surface area contributed by atoms with Crippen molar-refractivity contribution < 1.29 is 14.3 Å². The van der Waals surface area contributed by atoms with E-state index in [0.29, 0.717) is 16.3 Å². The van der Waals surface area contributed by atoms with Gasteiger partial charge in [0.1, 0.15) is 0 Å². The predicted molar refractivity (Wildman–Crippen MR) is 86.3 cm³/mol. The molecule has 4 nitrogen and oxygen atoms in total. The fourth-order valence-corrected chi connectivity index (χ4v) is 2.11. The lowest BCUT2D eigenvalue weighted by molar-refractivity contribution is -0.119. The Balaban J connectivity index is 1.95. The van der Waals surface area contributed by atoms with Gasteiger partial charge >= 0.3 is 5.97 Å². The molecule has 2 aromatic rings. The molecule has 114 valence electrons. The number of hydrogen-bond acceptors (Lipinski definition) is 3. The summed E-state index contributed by atoms with van der Waals surface area (Å²) in [7, 11) is 0. The van der Waals surface area contributed by atoms with Crippen LogP contribution in [0.15, 0.2) is 42.5 Å². The van der Waals surface area contributed by atoms with Gasteiger partial charge in [0.25, 0.3) is 5.91 Å². The Hall–Kier alpha value is -2.33. The third kappa shape index (κ3) is 3.86. The van der Waals surface area contributed by atoms with Gasteiger partial charge in [0.2, 0.25) is 0 Å². The first kappa shape index (κ1) is 16.0. The molecular weight excluding hydrogens is 302 g/mol. The Kier molecular flexibility index (Phi) is 5.17. The normalized spacial score (nSPS) is 10.1. The zero-order chi connectivity index (χ0) is 16.1. The zero-order valence-corrected chi connectivity index (χ0v) is 13.1. The second kappa shape index (κ2) is 7.09. The van der Waals surface area contributed by atoms with Gasteiger partial charge in [-0.25, -0.2) is 4.79 Å². The van der Waals surface area contributed by atoms with Gasteiger partial charge in [-0.15, -0.1) is 0 Å². The fourth-order valence-electron chi connectivity index (χ4n) is 1.94. The molecule has 0 radical (unpaired) electrons. The highest BCUT2D eigenvalue weighted by Crippen LogP contribution is 2.22. The predicted octanol–water partition coefficient (Wildman–Crippen LogP) is 3.75. The number of carbonyl (C=O) groups excluding carboxylic acids is 2. The summed E-state index contributed by atoms with van der Waals surface area (Å²) < 4.78 is 5.03. The van der Waals surface area contributed by atoms with Gasteiger partial charge in [-0.3, -0.25) is 4.79 Å². The van der Waals surface area contributed by atoms with Gasteiger partial charge < -0.3 is 10.1 Å². The van der Waals surface area contributed by atoms with Crippen LogP contribution >= 0.6 is 11.6 Å². The SMILES string of the molecule is Cc1ccccc1C(=O)OCC(=O)Nc1cccc(Cl)c1C. The van der Waals surface area contributed by atoms with Crippen molar-refractivity contribution in [1.82, 2.24) is 0 Å². The van der Waals surface area contributed by atoms with Crippen LogP contribution in [0.1, 0.15) is 21.5 Å². The van der Waals surface area contributed by atoms with Crippen molar-refractivity contribution >= 4 is 29.2 Å². The molecule has 22 heavy (non-hydrogen) atoms. The van der Waals surface area contributed by atoms with Crippen LogP contribution in [0.3, 0.4) is 0 Å². The number of aryl methyl sites for hydroxylation is 1. The first-order chi connectivity index (χ1) is 10.5. The maximum Gasteiger partial charge on any atom is 0.338 e. The zero-order valence-electron chi connectivity index (χ0n) is 12.4. The first-order valence-electron chi connectivity index (χ1n) is 6.76. The molecule has 2 aromatic carbocycles. The summed E-state index contributed by atoms with van der Waals surface area (Å²) in [6.45, 7) is 3.27.